The molecule has 4 nitrogen and oxygen atoms in total. The number of nitrogens with zero attached hydrogens (tertiary/aromatic N) is 3. The Morgan fingerprint density at radius 2 is 2.05 bits per heavy atom. The maximum Gasteiger partial charge on any atom is 0.144 e. The van der Waals surface area contributed by atoms with Crippen LogP contribution in [0, 0.1) is 11.3 Å². The summed E-state index contributed by atoms with van der Waals surface area (Å²) >= 11 is 3.51. The van der Waals surface area contributed by atoms with Gasteiger partial charge in [0.25, 0.3) is 0 Å². The molecule has 0 amide bonds. The van der Waals surface area contributed by atoms with Gasteiger partial charge in [-0.25, -0.2) is 0 Å². The molecule has 19 heavy (non-hydrogen) atoms. The molecular formula is C14H14BrN3O. The molecule has 0 atom stereocenters. The quantitative estimate of drug-likeness (QED) is 0.811. The van der Waals surface area contributed by atoms with Crippen LogP contribution in [0.3, 0.4) is 0 Å². The van der Waals surface area contributed by atoms with Crippen LogP contribution in [-0.2, 0) is 11.8 Å². The number of halogens is 1. The third-order valence-corrected chi connectivity index (χ3v) is 4.06. The smallest absolute Gasteiger partial charge is 0.144 e. The SMILES string of the molecule is Cn1c(C#N)c(N2CCOCC2)c2cc(Br)ccc21. The summed E-state index contributed by atoms with van der Waals surface area (Å²) in [5, 5.41) is 10.6. The summed E-state index contributed by atoms with van der Waals surface area (Å²) in [5.74, 6) is 0. The second-order valence-electron chi connectivity index (χ2n) is 4.63. The van der Waals surface area contributed by atoms with Crippen molar-refractivity contribution in [1.29, 1.82) is 5.26 Å². The molecule has 0 unspecified atom stereocenters. The first-order valence-corrected chi connectivity index (χ1v) is 7.02. The van der Waals surface area contributed by atoms with Gasteiger partial charge in [0.1, 0.15) is 11.8 Å². The monoisotopic (exact) mass is 319 g/mol. The van der Waals surface area contributed by atoms with Gasteiger partial charge < -0.3 is 14.2 Å². The molecule has 0 N–H and O–H groups in total. The Labute approximate surface area is 120 Å². The van der Waals surface area contributed by atoms with Crippen molar-refractivity contribution in [2.24, 2.45) is 7.05 Å². The Morgan fingerprint density at radius 1 is 1.32 bits per heavy atom. The maximum absolute atomic E-state index is 9.46. The molecule has 3 rings (SSSR count). The normalized spacial score (nSPS) is 15.7. The molecule has 0 bridgehead atoms. The van der Waals surface area contributed by atoms with E-state index in [1.165, 1.54) is 0 Å². The van der Waals surface area contributed by atoms with Crippen LogP contribution in [0.1, 0.15) is 5.69 Å². The number of anilines is 1. The third kappa shape index (κ3) is 2.01. The summed E-state index contributed by atoms with van der Waals surface area (Å²) in [5.41, 5.74) is 2.83. The van der Waals surface area contributed by atoms with E-state index in [9.17, 15) is 5.26 Å². The van der Waals surface area contributed by atoms with Gasteiger partial charge in [0.2, 0.25) is 0 Å². The van der Waals surface area contributed by atoms with Crippen molar-refractivity contribution >= 4 is 32.5 Å². The number of hydrogen-bond donors (Lipinski definition) is 0. The molecule has 0 aliphatic carbocycles. The number of ether oxygens (including phenoxy) is 1. The Bertz CT molecular complexity index is 665. The Kier molecular flexibility index (Phi) is 3.21. The number of aromatic nitrogens is 1. The zero-order valence-corrected chi connectivity index (χ0v) is 12.3. The van der Waals surface area contributed by atoms with Gasteiger partial charge in [-0.15, -0.1) is 0 Å². The molecule has 1 fully saturated rings. The number of aryl methyl sites for hydroxylation is 1. The Hall–Kier alpha value is -1.51. The number of rotatable bonds is 1. The van der Waals surface area contributed by atoms with E-state index in [4.69, 9.17) is 4.74 Å². The molecule has 1 aromatic carbocycles. The van der Waals surface area contributed by atoms with E-state index in [1.54, 1.807) is 0 Å². The lowest BCUT2D eigenvalue weighted by Gasteiger charge is -2.28. The topological polar surface area (TPSA) is 41.2 Å². The molecule has 1 aliphatic rings. The summed E-state index contributed by atoms with van der Waals surface area (Å²) < 4.78 is 8.39. The second kappa shape index (κ2) is 4.87. The minimum atomic E-state index is 0.718. The lowest BCUT2D eigenvalue weighted by Crippen LogP contribution is -2.36. The van der Waals surface area contributed by atoms with Gasteiger partial charge in [-0.05, 0) is 18.2 Å². The number of hydrogen-bond acceptors (Lipinski definition) is 3. The van der Waals surface area contributed by atoms with Crippen molar-refractivity contribution in [3.05, 3.63) is 28.4 Å². The highest BCUT2D eigenvalue weighted by atomic mass is 79.9. The number of fused-ring (bicyclic) bond motifs is 1. The molecule has 1 aliphatic heterocycles. The summed E-state index contributed by atoms with van der Waals surface area (Å²) in [6, 6.07) is 8.47. The second-order valence-corrected chi connectivity index (χ2v) is 5.54. The zero-order valence-electron chi connectivity index (χ0n) is 10.7. The van der Waals surface area contributed by atoms with Crippen molar-refractivity contribution in [2.45, 2.75) is 0 Å². The molecule has 1 saturated heterocycles. The number of benzene rings is 1. The molecule has 1 aromatic heterocycles. The molecule has 0 spiro atoms. The van der Waals surface area contributed by atoms with Gasteiger partial charge in [0.15, 0.2) is 0 Å². The van der Waals surface area contributed by atoms with Crippen LogP contribution in [0.25, 0.3) is 10.9 Å². The first-order chi connectivity index (χ1) is 9.22. The molecular weight excluding hydrogens is 306 g/mol. The van der Waals surface area contributed by atoms with E-state index in [0.29, 0.717) is 0 Å². The summed E-state index contributed by atoms with van der Waals surface area (Å²) in [7, 11) is 1.94. The standard InChI is InChI=1S/C14H14BrN3O/c1-17-12-3-2-10(15)8-11(12)14(13(17)9-16)18-4-6-19-7-5-18/h2-3,8H,4-7H2,1H3. The summed E-state index contributed by atoms with van der Waals surface area (Å²) in [6.45, 7) is 3.10. The Morgan fingerprint density at radius 3 is 2.74 bits per heavy atom. The predicted octanol–water partition coefficient (Wildman–Crippen LogP) is 2.65. The van der Waals surface area contributed by atoms with Crippen LogP contribution in [-0.4, -0.2) is 30.9 Å². The number of nitriles is 1. The highest BCUT2D eigenvalue weighted by molar-refractivity contribution is 9.10. The highest BCUT2D eigenvalue weighted by Gasteiger charge is 2.22. The fourth-order valence-corrected chi connectivity index (χ4v) is 2.99. The minimum absolute atomic E-state index is 0.718. The van der Waals surface area contributed by atoms with E-state index < -0.39 is 0 Å². The van der Waals surface area contributed by atoms with E-state index in [0.717, 1.165) is 53.1 Å². The molecule has 0 radical (unpaired) electrons. The molecule has 0 saturated carbocycles. The molecule has 5 heteroatoms. The van der Waals surface area contributed by atoms with Gasteiger partial charge in [-0.2, -0.15) is 5.26 Å². The average Bonchev–Trinajstić information content (AvgIpc) is 2.71. The fraction of sp³-hybridized carbons (Fsp3) is 0.357. The van der Waals surface area contributed by atoms with Gasteiger partial charge in [-0.3, -0.25) is 0 Å². The molecule has 2 heterocycles. The van der Waals surface area contributed by atoms with Crippen LogP contribution in [0.4, 0.5) is 5.69 Å². The fourth-order valence-electron chi connectivity index (χ4n) is 2.63. The van der Waals surface area contributed by atoms with Crippen LogP contribution < -0.4 is 4.90 Å². The Balaban J connectivity index is 2.25. The van der Waals surface area contributed by atoms with Gasteiger partial charge in [0.05, 0.1) is 24.4 Å². The highest BCUT2D eigenvalue weighted by Crippen LogP contribution is 2.35. The maximum atomic E-state index is 9.46. The van der Waals surface area contributed by atoms with E-state index >= 15 is 0 Å². The van der Waals surface area contributed by atoms with Crippen LogP contribution in [0.5, 0.6) is 0 Å². The van der Waals surface area contributed by atoms with Crippen molar-refractivity contribution in [1.82, 2.24) is 4.57 Å². The summed E-state index contributed by atoms with van der Waals surface area (Å²) in [6.07, 6.45) is 0. The van der Waals surface area contributed by atoms with Gasteiger partial charge in [0, 0.05) is 30.0 Å². The minimum Gasteiger partial charge on any atom is -0.378 e. The van der Waals surface area contributed by atoms with Crippen LogP contribution in [0.2, 0.25) is 0 Å². The van der Waals surface area contributed by atoms with Crippen LogP contribution in [0.15, 0.2) is 22.7 Å². The van der Waals surface area contributed by atoms with Crippen molar-refractivity contribution in [3.8, 4) is 6.07 Å². The predicted molar refractivity (Wildman–Crippen MR) is 78.4 cm³/mol. The van der Waals surface area contributed by atoms with Crippen molar-refractivity contribution < 1.29 is 4.74 Å². The van der Waals surface area contributed by atoms with E-state index in [-0.39, 0.29) is 0 Å². The lowest BCUT2D eigenvalue weighted by molar-refractivity contribution is 0.123. The molecule has 2 aromatic rings. The van der Waals surface area contributed by atoms with Crippen molar-refractivity contribution in [2.75, 3.05) is 31.2 Å². The average molecular weight is 320 g/mol. The zero-order chi connectivity index (χ0) is 13.4. The van der Waals surface area contributed by atoms with Gasteiger partial charge >= 0.3 is 0 Å². The van der Waals surface area contributed by atoms with Crippen molar-refractivity contribution in [3.63, 3.8) is 0 Å². The number of morpholine rings is 1. The van der Waals surface area contributed by atoms with E-state index in [1.807, 2.05) is 23.7 Å². The van der Waals surface area contributed by atoms with Gasteiger partial charge in [-0.1, -0.05) is 15.9 Å². The lowest BCUT2D eigenvalue weighted by atomic mass is 10.2. The third-order valence-electron chi connectivity index (χ3n) is 3.57. The first kappa shape index (κ1) is 12.5. The largest absolute Gasteiger partial charge is 0.378 e. The summed E-state index contributed by atoms with van der Waals surface area (Å²) in [4.78, 5) is 2.25. The van der Waals surface area contributed by atoms with Crippen LogP contribution >= 0.6 is 15.9 Å². The molecule has 98 valence electrons. The van der Waals surface area contributed by atoms with E-state index in [2.05, 4.69) is 33.0 Å². The first-order valence-electron chi connectivity index (χ1n) is 6.23.